The van der Waals surface area contributed by atoms with Crippen LogP contribution in [0.2, 0.25) is 0 Å². The van der Waals surface area contributed by atoms with E-state index in [0.29, 0.717) is 18.4 Å². The first-order valence-electron chi connectivity index (χ1n) is 10.8. The minimum absolute atomic E-state index is 0. The molecule has 0 saturated carbocycles. The lowest BCUT2D eigenvalue weighted by Crippen LogP contribution is -2.41. The molecule has 2 aliphatic heterocycles. The average Bonchev–Trinajstić information content (AvgIpc) is 3.27. The smallest absolute Gasteiger partial charge is 0.231 e. The van der Waals surface area contributed by atoms with E-state index in [4.69, 9.17) is 14.2 Å². The fourth-order valence-electron chi connectivity index (χ4n) is 4.58. The molecule has 2 aliphatic rings. The van der Waals surface area contributed by atoms with Crippen molar-refractivity contribution in [3.63, 3.8) is 0 Å². The van der Waals surface area contributed by atoms with Crippen LogP contribution in [0.3, 0.4) is 0 Å². The van der Waals surface area contributed by atoms with Crippen LogP contribution in [-0.4, -0.2) is 31.4 Å². The fraction of sp³-hybridized carbons (Fsp3) is 0.308. The first-order chi connectivity index (χ1) is 15.2. The maximum Gasteiger partial charge on any atom is 0.231 e. The lowest BCUT2D eigenvalue weighted by molar-refractivity contribution is 0.106. The highest BCUT2D eigenvalue weighted by Gasteiger charge is 2.31. The van der Waals surface area contributed by atoms with Gasteiger partial charge < -0.3 is 14.2 Å². The van der Waals surface area contributed by atoms with Crippen LogP contribution in [0.5, 0.6) is 17.2 Å². The zero-order chi connectivity index (χ0) is 21.0. The molecule has 0 bridgehead atoms. The first-order valence-corrected chi connectivity index (χ1v) is 10.8. The van der Waals surface area contributed by atoms with Crippen molar-refractivity contribution >= 4 is 12.4 Å². The van der Waals surface area contributed by atoms with Gasteiger partial charge in [0.25, 0.3) is 0 Å². The SMILES string of the molecule is Cl.Fc1ccc(C2CCN(Cc3ccccc3)CC2COc2ccc3c(c2)OCO3)cc1. The van der Waals surface area contributed by atoms with E-state index in [9.17, 15) is 4.39 Å². The van der Waals surface area contributed by atoms with Crippen LogP contribution in [0.1, 0.15) is 23.5 Å². The Morgan fingerprint density at radius 3 is 2.53 bits per heavy atom. The van der Waals surface area contributed by atoms with Gasteiger partial charge >= 0.3 is 0 Å². The first kappa shape index (κ1) is 22.4. The molecule has 1 saturated heterocycles. The number of hydrogen-bond acceptors (Lipinski definition) is 4. The minimum Gasteiger partial charge on any atom is -0.493 e. The van der Waals surface area contributed by atoms with Gasteiger partial charge in [-0.2, -0.15) is 0 Å². The number of piperidine rings is 1. The van der Waals surface area contributed by atoms with E-state index in [1.54, 1.807) is 12.1 Å². The summed E-state index contributed by atoms with van der Waals surface area (Å²) in [6.45, 7) is 3.71. The summed E-state index contributed by atoms with van der Waals surface area (Å²) in [5.41, 5.74) is 2.50. The second-order valence-electron chi connectivity index (χ2n) is 8.25. The van der Waals surface area contributed by atoms with E-state index < -0.39 is 0 Å². The third-order valence-corrected chi connectivity index (χ3v) is 6.17. The fourth-order valence-corrected chi connectivity index (χ4v) is 4.58. The van der Waals surface area contributed by atoms with E-state index in [0.717, 1.165) is 43.3 Å². The number of ether oxygens (including phenoxy) is 3. The van der Waals surface area contributed by atoms with E-state index in [1.165, 1.54) is 11.1 Å². The summed E-state index contributed by atoms with van der Waals surface area (Å²) in [4.78, 5) is 2.49. The second-order valence-corrected chi connectivity index (χ2v) is 8.25. The Morgan fingerprint density at radius 2 is 1.72 bits per heavy atom. The molecule has 32 heavy (non-hydrogen) atoms. The predicted molar refractivity (Wildman–Crippen MR) is 124 cm³/mol. The monoisotopic (exact) mass is 455 g/mol. The highest BCUT2D eigenvalue weighted by atomic mass is 35.5. The van der Waals surface area contributed by atoms with Gasteiger partial charge in [-0.3, -0.25) is 4.90 Å². The molecule has 3 aromatic rings. The maximum absolute atomic E-state index is 13.5. The van der Waals surface area contributed by atoms with Crippen molar-refractivity contribution < 1.29 is 18.6 Å². The summed E-state index contributed by atoms with van der Waals surface area (Å²) in [6.07, 6.45) is 1.02. The van der Waals surface area contributed by atoms with Crippen molar-refractivity contribution in [2.75, 3.05) is 26.5 Å². The van der Waals surface area contributed by atoms with Crippen LogP contribution in [0.15, 0.2) is 72.8 Å². The summed E-state index contributed by atoms with van der Waals surface area (Å²) in [5.74, 6) is 2.70. The van der Waals surface area contributed by atoms with Gasteiger partial charge in [0.1, 0.15) is 11.6 Å². The molecule has 2 atom stereocenters. The summed E-state index contributed by atoms with van der Waals surface area (Å²) < 4.78 is 30.5. The van der Waals surface area contributed by atoms with Crippen molar-refractivity contribution in [2.24, 2.45) is 5.92 Å². The Labute approximate surface area is 194 Å². The Balaban J connectivity index is 0.00000245. The van der Waals surface area contributed by atoms with Gasteiger partial charge in [-0.15, -0.1) is 12.4 Å². The lowest BCUT2D eigenvalue weighted by atomic mass is 9.80. The van der Waals surface area contributed by atoms with Crippen molar-refractivity contribution in [2.45, 2.75) is 18.9 Å². The van der Waals surface area contributed by atoms with Crippen LogP contribution in [0, 0.1) is 11.7 Å². The zero-order valence-corrected chi connectivity index (χ0v) is 18.6. The molecular formula is C26H27ClFNO3. The highest BCUT2D eigenvalue weighted by molar-refractivity contribution is 5.85. The van der Waals surface area contributed by atoms with Crippen LogP contribution >= 0.6 is 12.4 Å². The van der Waals surface area contributed by atoms with Crippen molar-refractivity contribution in [3.05, 3.63) is 89.7 Å². The number of hydrogen-bond donors (Lipinski definition) is 0. The van der Waals surface area contributed by atoms with E-state index in [1.807, 2.05) is 36.4 Å². The van der Waals surface area contributed by atoms with Crippen LogP contribution in [0.4, 0.5) is 4.39 Å². The van der Waals surface area contributed by atoms with Gasteiger partial charge in [0.05, 0.1) is 6.61 Å². The molecular weight excluding hydrogens is 429 g/mol. The number of nitrogens with zero attached hydrogens (tertiary/aromatic N) is 1. The lowest BCUT2D eigenvalue weighted by Gasteiger charge is -2.39. The number of rotatable bonds is 6. The topological polar surface area (TPSA) is 30.9 Å². The molecule has 0 spiro atoms. The van der Waals surface area contributed by atoms with Crippen molar-refractivity contribution in [3.8, 4) is 17.2 Å². The molecule has 2 unspecified atom stereocenters. The molecule has 168 valence electrons. The third-order valence-electron chi connectivity index (χ3n) is 6.17. The average molecular weight is 456 g/mol. The molecule has 6 heteroatoms. The second kappa shape index (κ2) is 10.2. The summed E-state index contributed by atoms with van der Waals surface area (Å²) >= 11 is 0. The van der Waals surface area contributed by atoms with Gasteiger partial charge in [-0.05, 0) is 54.3 Å². The Bertz CT molecular complexity index is 1020. The van der Waals surface area contributed by atoms with Crippen molar-refractivity contribution in [1.82, 2.24) is 4.90 Å². The standard InChI is InChI=1S/C26H26FNO3.ClH/c27-22-8-6-20(7-9-22)24-12-13-28(15-19-4-2-1-3-5-19)16-21(24)17-29-23-10-11-25-26(14-23)31-18-30-25;/h1-11,14,21,24H,12-13,15-18H2;1H. The minimum atomic E-state index is -0.196. The quantitative estimate of drug-likeness (QED) is 0.480. The molecule has 4 nitrogen and oxygen atoms in total. The Kier molecular flexibility index (Phi) is 7.18. The van der Waals surface area contributed by atoms with Crippen LogP contribution < -0.4 is 14.2 Å². The van der Waals surface area contributed by atoms with E-state index in [2.05, 4.69) is 29.2 Å². The van der Waals surface area contributed by atoms with Crippen LogP contribution in [0.25, 0.3) is 0 Å². The zero-order valence-electron chi connectivity index (χ0n) is 17.8. The summed E-state index contributed by atoms with van der Waals surface area (Å²) in [6, 6.07) is 23.2. The molecule has 0 N–H and O–H groups in total. The third kappa shape index (κ3) is 5.17. The molecule has 2 heterocycles. The maximum atomic E-state index is 13.5. The van der Waals surface area contributed by atoms with Gasteiger partial charge in [-0.1, -0.05) is 42.5 Å². The molecule has 1 fully saturated rings. The molecule has 3 aromatic carbocycles. The van der Waals surface area contributed by atoms with Crippen LogP contribution in [-0.2, 0) is 6.54 Å². The van der Waals surface area contributed by atoms with Gasteiger partial charge in [0, 0.05) is 25.1 Å². The number of halogens is 2. The molecule has 0 radical (unpaired) electrons. The molecule has 5 rings (SSSR count). The van der Waals surface area contributed by atoms with E-state index >= 15 is 0 Å². The van der Waals surface area contributed by atoms with E-state index in [-0.39, 0.29) is 25.0 Å². The largest absolute Gasteiger partial charge is 0.493 e. The number of benzene rings is 3. The summed E-state index contributed by atoms with van der Waals surface area (Å²) in [5, 5.41) is 0. The Morgan fingerprint density at radius 1 is 0.938 bits per heavy atom. The Hall–Kier alpha value is -2.76. The molecule has 0 aliphatic carbocycles. The van der Waals surface area contributed by atoms with Gasteiger partial charge in [0.15, 0.2) is 11.5 Å². The highest BCUT2D eigenvalue weighted by Crippen LogP contribution is 2.37. The molecule has 0 aromatic heterocycles. The number of likely N-dealkylation sites (tertiary alicyclic amines) is 1. The van der Waals surface area contributed by atoms with Gasteiger partial charge in [0.2, 0.25) is 6.79 Å². The molecule has 0 amide bonds. The van der Waals surface area contributed by atoms with Gasteiger partial charge in [-0.25, -0.2) is 4.39 Å². The van der Waals surface area contributed by atoms with Crippen molar-refractivity contribution in [1.29, 1.82) is 0 Å². The predicted octanol–water partition coefficient (Wildman–Crippen LogP) is 5.66. The summed E-state index contributed by atoms with van der Waals surface area (Å²) in [7, 11) is 0. The number of fused-ring (bicyclic) bond motifs is 1. The normalized spacial score (nSPS) is 19.9.